The predicted octanol–water partition coefficient (Wildman–Crippen LogP) is 3.85. The quantitative estimate of drug-likeness (QED) is 0.206. The molecule has 0 spiro atoms. The molecule has 3 aromatic rings. The summed E-state index contributed by atoms with van der Waals surface area (Å²) in [5, 5.41) is 16.0. The Bertz CT molecular complexity index is 856. The van der Waals surface area contributed by atoms with E-state index in [1.807, 2.05) is 6.07 Å². The normalized spacial score (nSPS) is 11.5. The minimum Gasteiger partial charge on any atom is -0.258 e. The second-order valence-electron chi connectivity index (χ2n) is 4.04. The van der Waals surface area contributed by atoms with Crippen molar-refractivity contribution in [2.45, 2.75) is 0 Å². The van der Waals surface area contributed by atoms with E-state index in [0.29, 0.717) is 28.5 Å². The highest BCUT2D eigenvalue weighted by atomic mass is 127. The fourth-order valence-electron chi connectivity index (χ4n) is 1.97. The standard InChI is InChI=1S/C11H6ClIN5O2P/c12-11-14-2-1-8(16-11)6-3-9-7(5-15-17(9)21-13)10(4-6)18(19)20/h1-5,21H. The van der Waals surface area contributed by atoms with Crippen molar-refractivity contribution in [3.8, 4) is 11.3 Å². The van der Waals surface area contributed by atoms with Gasteiger partial charge in [0.1, 0.15) is 0 Å². The van der Waals surface area contributed by atoms with E-state index in [-0.39, 0.29) is 11.0 Å². The summed E-state index contributed by atoms with van der Waals surface area (Å²) >= 11 is 7.95. The molecule has 7 nitrogen and oxygen atoms in total. The lowest BCUT2D eigenvalue weighted by atomic mass is 10.1. The third-order valence-electron chi connectivity index (χ3n) is 2.87. The molecule has 0 radical (unpaired) electrons. The second-order valence-corrected chi connectivity index (χ2v) is 6.42. The molecular weight excluding hydrogens is 427 g/mol. The lowest BCUT2D eigenvalue weighted by Gasteiger charge is -2.04. The van der Waals surface area contributed by atoms with Crippen molar-refractivity contribution in [2.75, 3.05) is 0 Å². The Morgan fingerprint density at radius 2 is 2.24 bits per heavy atom. The van der Waals surface area contributed by atoms with Crippen molar-refractivity contribution >= 4 is 56.6 Å². The zero-order valence-corrected chi connectivity index (χ0v) is 14.1. The molecule has 0 aliphatic rings. The summed E-state index contributed by atoms with van der Waals surface area (Å²) in [5.41, 5.74) is 1.83. The number of nitro benzene ring substituents is 1. The molecule has 0 bridgehead atoms. The second kappa shape index (κ2) is 5.78. The topological polar surface area (TPSA) is 86.7 Å². The first-order valence-electron chi connectivity index (χ1n) is 5.62. The summed E-state index contributed by atoms with van der Waals surface area (Å²) in [6.07, 6.45) is 3.37. The number of nitrogens with zero attached hydrogens (tertiary/aromatic N) is 5. The average molecular weight is 434 g/mol. The van der Waals surface area contributed by atoms with E-state index in [1.54, 1.807) is 10.5 Å². The van der Waals surface area contributed by atoms with Crippen LogP contribution in [0.1, 0.15) is 0 Å². The van der Waals surface area contributed by atoms with E-state index >= 15 is 0 Å². The number of benzene rings is 1. The van der Waals surface area contributed by atoms with Crippen molar-refractivity contribution < 1.29 is 4.92 Å². The molecule has 0 saturated carbocycles. The van der Waals surface area contributed by atoms with Gasteiger partial charge in [-0.3, -0.25) is 10.1 Å². The monoisotopic (exact) mass is 433 g/mol. The van der Waals surface area contributed by atoms with Crippen LogP contribution in [0.5, 0.6) is 0 Å². The summed E-state index contributed by atoms with van der Waals surface area (Å²) in [6.45, 7) is 0. The number of aromatic nitrogens is 4. The highest BCUT2D eigenvalue weighted by Gasteiger charge is 2.18. The van der Waals surface area contributed by atoms with Crippen LogP contribution >= 0.6 is 40.0 Å². The molecular formula is C11H6ClIN5O2P. The molecule has 0 saturated heterocycles. The van der Waals surface area contributed by atoms with Gasteiger partial charge in [-0.25, -0.2) is 14.4 Å². The van der Waals surface area contributed by atoms with Gasteiger partial charge in [-0.1, -0.05) is 0 Å². The molecule has 2 heterocycles. The van der Waals surface area contributed by atoms with Crippen molar-refractivity contribution in [3.05, 3.63) is 46.0 Å². The molecule has 21 heavy (non-hydrogen) atoms. The number of nitro groups is 1. The Morgan fingerprint density at radius 1 is 1.43 bits per heavy atom. The van der Waals surface area contributed by atoms with Crippen LogP contribution in [-0.4, -0.2) is 24.4 Å². The SMILES string of the molecule is O=[N+]([O-])c1cc(-c2ccnc(Cl)n2)cc2c1cnn2PI. The van der Waals surface area contributed by atoms with Gasteiger partial charge in [0.05, 0.1) is 34.1 Å². The Morgan fingerprint density at radius 3 is 2.90 bits per heavy atom. The van der Waals surface area contributed by atoms with Crippen molar-refractivity contribution in [3.63, 3.8) is 0 Å². The van der Waals surface area contributed by atoms with Crippen LogP contribution < -0.4 is 0 Å². The van der Waals surface area contributed by atoms with E-state index in [2.05, 4.69) is 37.1 Å². The Kier molecular flexibility index (Phi) is 4.01. The molecule has 1 aromatic carbocycles. The summed E-state index contributed by atoms with van der Waals surface area (Å²) in [6, 6.07) is 4.95. The molecule has 10 heteroatoms. The third-order valence-corrected chi connectivity index (χ3v) is 4.94. The van der Waals surface area contributed by atoms with Crippen LogP contribution in [0.3, 0.4) is 0 Å². The van der Waals surface area contributed by atoms with Gasteiger partial charge in [0, 0.05) is 17.8 Å². The molecule has 0 amide bonds. The fourth-order valence-corrected chi connectivity index (χ4v) is 3.65. The van der Waals surface area contributed by atoms with Gasteiger partial charge in [-0.2, -0.15) is 5.10 Å². The molecule has 0 N–H and O–H groups in total. The number of hydrogen-bond acceptors (Lipinski definition) is 5. The Hall–Kier alpha value is -1.38. The Balaban J connectivity index is 2.31. The highest BCUT2D eigenvalue weighted by Crippen LogP contribution is 2.36. The fraction of sp³-hybridized carbons (Fsp3) is 0. The molecule has 106 valence electrons. The molecule has 0 aliphatic heterocycles. The van der Waals surface area contributed by atoms with Crippen molar-refractivity contribution in [1.82, 2.24) is 19.5 Å². The van der Waals surface area contributed by atoms with Gasteiger partial charge in [0.25, 0.3) is 5.69 Å². The van der Waals surface area contributed by atoms with E-state index in [1.165, 1.54) is 18.5 Å². The molecule has 1 unspecified atom stereocenters. The molecule has 0 fully saturated rings. The first-order valence-corrected chi connectivity index (χ1v) is 10.1. The molecule has 0 aliphatic carbocycles. The van der Waals surface area contributed by atoms with Gasteiger partial charge >= 0.3 is 0 Å². The minimum atomic E-state index is -0.420. The largest absolute Gasteiger partial charge is 0.281 e. The van der Waals surface area contributed by atoms with Crippen LogP contribution in [0, 0.1) is 10.1 Å². The van der Waals surface area contributed by atoms with Crippen LogP contribution in [0.15, 0.2) is 30.6 Å². The number of rotatable bonds is 3. The van der Waals surface area contributed by atoms with Gasteiger partial charge in [-0.15, -0.1) is 0 Å². The van der Waals surface area contributed by atoms with Gasteiger partial charge < -0.3 is 0 Å². The maximum absolute atomic E-state index is 11.3. The van der Waals surface area contributed by atoms with Crippen LogP contribution in [0.25, 0.3) is 22.2 Å². The van der Waals surface area contributed by atoms with E-state index < -0.39 is 4.92 Å². The van der Waals surface area contributed by atoms with Crippen molar-refractivity contribution in [1.29, 1.82) is 0 Å². The van der Waals surface area contributed by atoms with Crippen LogP contribution in [-0.2, 0) is 0 Å². The van der Waals surface area contributed by atoms with Crippen molar-refractivity contribution in [2.24, 2.45) is 0 Å². The first-order chi connectivity index (χ1) is 10.1. The van der Waals surface area contributed by atoms with Gasteiger partial charge in [0.2, 0.25) is 5.28 Å². The van der Waals surface area contributed by atoms with E-state index in [4.69, 9.17) is 11.6 Å². The number of non-ortho nitro benzene ring substituents is 1. The molecule has 2 aromatic heterocycles. The third kappa shape index (κ3) is 2.70. The number of hydrogen-bond donors (Lipinski definition) is 0. The summed E-state index contributed by atoms with van der Waals surface area (Å²) in [4.78, 5) is 18.8. The zero-order chi connectivity index (χ0) is 15.0. The number of halogens is 2. The maximum Gasteiger partial charge on any atom is 0.281 e. The smallest absolute Gasteiger partial charge is 0.258 e. The first kappa shape index (κ1) is 14.6. The van der Waals surface area contributed by atoms with E-state index in [0.717, 1.165) is 0 Å². The zero-order valence-electron chi connectivity index (χ0n) is 10.2. The van der Waals surface area contributed by atoms with Gasteiger partial charge in [-0.05, 0) is 45.8 Å². The van der Waals surface area contributed by atoms with Crippen LogP contribution in [0.4, 0.5) is 5.69 Å². The molecule has 3 rings (SSSR count). The highest BCUT2D eigenvalue weighted by molar-refractivity contribution is 14.2. The summed E-state index contributed by atoms with van der Waals surface area (Å²) < 4.78 is 1.72. The lowest BCUT2D eigenvalue weighted by molar-refractivity contribution is -0.383. The predicted molar refractivity (Wildman–Crippen MR) is 90.2 cm³/mol. The number of fused-ring (bicyclic) bond motifs is 1. The average Bonchev–Trinajstić information content (AvgIpc) is 2.89. The maximum atomic E-state index is 11.3. The molecule has 1 atom stereocenters. The van der Waals surface area contributed by atoms with E-state index in [9.17, 15) is 10.1 Å². The lowest BCUT2D eigenvalue weighted by Crippen LogP contribution is -1.93. The van der Waals surface area contributed by atoms with Crippen LogP contribution in [0.2, 0.25) is 5.28 Å². The summed E-state index contributed by atoms with van der Waals surface area (Å²) in [7, 11) is 0. The summed E-state index contributed by atoms with van der Waals surface area (Å²) in [5.74, 6) is 0. The minimum absolute atomic E-state index is 0.00173. The Labute approximate surface area is 138 Å². The van der Waals surface area contributed by atoms with Gasteiger partial charge in [0.15, 0.2) is 0 Å².